The lowest BCUT2D eigenvalue weighted by molar-refractivity contribution is 0.480. The van der Waals surface area contributed by atoms with Crippen LogP contribution in [0.5, 0.6) is 0 Å². The molecule has 2 fully saturated rings. The highest BCUT2D eigenvalue weighted by Crippen LogP contribution is 2.60. The third-order valence-corrected chi connectivity index (χ3v) is 4.90. The Bertz CT molecular complexity index is 374. The first-order chi connectivity index (χ1) is 8.31. The standard InChI is InChI=1S/C15H20ClN/c1-17-15(10-6-8-11(16)9-7-10)14-12-4-2-3-5-13(12)14/h6-9,12-15,17H,2-5H2,1H3. The number of benzene rings is 1. The number of nitrogens with one attached hydrogen (secondary N) is 1. The molecule has 2 saturated carbocycles. The van der Waals surface area contributed by atoms with Crippen LogP contribution in [0.2, 0.25) is 5.02 Å². The molecule has 3 rings (SSSR count). The third-order valence-electron chi connectivity index (χ3n) is 4.65. The molecular weight excluding hydrogens is 230 g/mol. The van der Waals surface area contributed by atoms with Crippen molar-refractivity contribution in [1.29, 1.82) is 0 Å². The minimum Gasteiger partial charge on any atom is -0.313 e. The van der Waals surface area contributed by atoms with Crippen molar-refractivity contribution in [2.75, 3.05) is 7.05 Å². The molecular formula is C15H20ClN. The van der Waals surface area contributed by atoms with Crippen LogP contribution in [0.25, 0.3) is 0 Å². The molecule has 17 heavy (non-hydrogen) atoms. The van der Waals surface area contributed by atoms with Crippen molar-refractivity contribution in [3.05, 3.63) is 34.9 Å². The van der Waals surface area contributed by atoms with E-state index in [0.29, 0.717) is 6.04 Å². The Balaban J connectivity index is 1.78. The molecule has 0 amide bonds. The van der Waals surface area contributed by atoms with Gasteiger partial charge in [0.2, 0.25) is 0 Å². The van der Waals surface area contributed by atoms with Crippen LogP contribution >= 0.6 is 11.6 Å². The lowest BCUT2D eigenvalue weighted by Gasteiger charge is -2.17. The second-order valence-corrected chi connectivity index (χ2v) is 5.94. The Hall–Kier alpha value is -0.530. The quantitative estimate of drug-likeness (QED) is 0.853. The zero-order valence-corrected chi connectivity index (χ0v) is 11.1. The predicted molar refractivity (Wildman–Crippen MR) is 72.2 cm³/mol. The lowest BCUT2D eigenvalue weighted by atomic mass is 10.00. The highest BCUT2D eigenvalue weighted by atomic mass is 35.5. The molecule has 3 unspecified atom stereocenters. The molecule has 0 spiro atoms. The Labute approximate surface area is 109 Å². The topological polar surface area (TPSA) is 12.0 Å². The van der Waals surface area contributed by atoms with Gasteiger partial charge in [0.1, 0.15) is 0 Å². The van der Waals surface area contributed by atoms with Gasteiger partial charge in [-0.05, 0) is 55.3 Å². The molecule has 0 aromatic heterocycles. The Morgan fingerprint density at radius 1 is 1.12 bits per heavy atom. The van der Waals surface area contributed by atoms with E-state index in [2.05, 4.69) is 24.5 Å². The number of fused-ring (bicyclic) bond motifs is 1. The Morgan fingerprint density at radius 3 is 2.24 bits per heavy atom. The van der Waals surface area contributed by atoms with Gasteiger partial charge in [-0.1, -0.05) is 36.6 Å². The van der Waals surface area contributed by atoms with Gasteiger partial charge in [-0.3, -0.25) is 0 Å². The van der Waals surface area contributed by atoms with Crippen LogP contribution in [-0.4, -0.2) is 7.05 Å². The van der Waals surface area contributed by atoms with E-state index in [4.69, 9.17) is 11.6 Å². The van der Waals surface area contributed by atoms with E-state index in [1.54, 1.807) is 0 Å². The van der Waals surface area contributed by atoms with Crippen molar-refractivity contribution in [3.8, 4) is 0 Å². The van der Waals surface area contributed by atoms with Gasteiger partial charge >= 0.3 is 0 Å². The largest absolute Gasteiger partial charge is 0.313 e. The maximum atomic E-state index is 5.96. The summed E-state index contributed by atoms with van der Waals surface area (Å²) in [6.07, 6.45) is 5.77. The first-order valence-corrected chi connectivity index (χ1v) is 7.12. The summed E-state index contributed by atoms with van der Waals surface area (Å²) >= 11 is 5.96. The van der Waals surface area contributed by atoms with E-state index in [1.807, 2.05) is 12.1 Å². The molecule has 2 aliphatic carbocycles. The fourth-order valence-corrected chi connectivity index (χ4v) is 3.92. The average molecular weight is 250 g/mol. The van der Waals surface area contributed by atoms with Gasteiger partial charge in [-0.25, -0.2) is 0 Å². The maximum Gasteiger partial charge on any atom is 0.0406 e. The van der Waals surface area contributed by atoms with Gasteiger partial charge in [-0.15, -0.1) is 0 Å². The molecule has 1 N–H and O–H groups in total. The maximum absolute atomic E-state index is 5.96. The predicted octanol–water partition coefficient (Wildman–Crippen LogP) is 4.04. The fraction of sp³-hybridized carbons (Fsp3) is 0.600. The summed E-state index contributed by atoms with van der Waals surface area (Å²) in [7, 11) is 2.09. The summed E-state index contributed by atoms with van der Waals surface area (Å²) in [6, 6.07) is 8.89. The van der Waals surface area contributed by atoms with E-state index in [9.17, 15) is 0 Å². The second-order valence-electron chi connectivity index (χ2n) is 5.51. The molecule has 1 aromatic rings. The highest BCUT2D eigenvalue weighted by molar-refractivity contribution is 6.30. The van der Waals surface area contributed by atoms with Gasteiger partial charge in [0, 0.05) is 11.1 Å². The molecule has 2 heteroatoms. The zero-order valence-electron chi connectivity index (χ0n) is 10.3. The van der Waals surface area contributed by atoms with E-state index >= 15 is 0 Å². The van der Waals surface area contributed by atoms with Crippen molar-refractivity contribution in [1.82, 2.24) is 5.32 Å². The van der Waals surface area contributed by atoms with Crippen molar-refractivity contribution in [3.63, 3.8) is 0 Å². The number of hydrogen-bond acceptors (Lipinski definition) is 1. The second kappa shape index (κ2) is 4.62. The summed E-state index contributed by atoms with van der Waals surface area (Å²) in [5, 5.41) is 4.34. The summed E-state index contributed by atoms with van der Waals surface area (Å²) in [4.78, 5) is 0. The molecule has 1 aromatic carbocycles. The molecule has 0 aliphatic heterocycles. The molecule has 1 nitrogen and oxygen atoms in total. The Kier molecular flexibility index (Phi) is 3.14. The normalized spacial score (nSPS) is 32.9. The van der Waals surface area contributed by atoms with Crippen LogP contribution in [0.15, 0.2) is 24.3 Å². The lowest BCUT2D eigenvalue weighted by Crippen LogP contribution is -2.19. The van der Waals surface area contributed by atoms with E-state index in [-0.39, 0.29) is 0 Å². The third kappa shape index (κ3) is 2.11. The molecule has 3 atom stereocenters. The van der Waals surface area contributed by atoms with Gasteiger partial charge in [-0.2, -0.15) is 0 Å². The minimum atomic E-state index is 0.528. The van der Waals surface area contributed by atoms with Crippen LogP contribution < -0.4 is 5.32 Å². The van der Waals surface area contributed by atoms with Crippen molar-refractivity contribution in [2.24, 2.45) is 17.8 Å². The van der Waals surface area contributed by atoms with Gasteiger partial charge in [0.05, 0.1) is 0 Å². The number of rotatable bonds is 3. The molecule has 0 bridgehead atoms. The van der Waals surface area contributed by atoms with Gasteiger partial charge < -0.3 is 5.32 Å². The number of halogens is 1. The van der Waals surface area contributed by atoms with Crippen molar-refractivity contribution >= 4 is 11.6 Å². The Morgan fingerprint density at radius 2 is 1.71 bits per heavy atom. The van der Waals surface area contributed by atoms with Crippen LogP contribution in [0.4, 0.5) is 0 Å². The van der Waals surface area contributed by atoms with Gasteiger partial charge in [0.25, 0.3) is 0 Å². The molecule has 0 saturated heterocycles. The van der Waals surface area contributed by atoms with Crippen LogP contribution in [0.1, 0.15) is 37.3 Å². The molecule has 92 valence electrons. The van der Waals surface area contributed by atoms with Crippen LogP contribution in [0.3, 0.4) is 0 Å². The smallest absolute Gasteiger partial charge is 0.0406 e. The molecule has 0 heterocycles. The van der Waals surface area contributed by atoms with Crippen LogP contribution in [0, 0.1) is 17.8 Å². The molecule has 0 radical (unpaired) electrons. The summed E-state index contributed by atoms with van der Waals surface area (Å²) in [6.45, 7) is 0. The van der Waals surface area contributed by atoms with Gasteiger partial charge in [0.15, 0.2) is 0 Å². The first kappa shape index (κ1) is 11.6. The number of hydrogen-bond donors (Lipinski definition) is 1. The van der Waals surface area contributed by atoms with Crippen molar-refractivity contribution in [2.45, 2.75) is 31.7 Å². The minimum absolute atomic E-state index is 0.528. The van der Waals surface area contributed by atoms with Crippen LogP contribution in [-0.2, 0) is 0 Å². The highest BCUT2D eigenvalue weighted by Gasteiger charge is 2.53. The SMILES string of the molecule is CNC(c1ccc(Cl)cc1)C1C2CCCCC21. The average Bonchev–Trinajstić information content (AvgIpc) is 3.07. The summed E-state index contributed by atoms with van der Waals surface area (Å²) in [5.41, 5.74) is 1.40. The molecule has 2 aliphatic rings. The van der Waals surface area contributed by atoms with E-state index < -0.39 is 0 Å². The van der Waals surface area contributed by atoms with E-state index in [1.165, 1.54) is 31.2 Å². The summed E-state index contributed by atoms with van der Waals surface area (Å²) < 4.78 is 0. The first-order valence-electron chi connectivity index (χ1n) is 6.74. The van der Waals surface area contributed by atoms with E-state index in [0.717, 1.165) is 22.8 Å². The summed E-state index contributed by atoms with van der Waals surface area (Å²) in [5.74, 6) is 2.83. The zero-order chi connectivity index (χ0) is 11.8. The van der Waals surface area contributed by atoms with Crippen molar-refractivity contribution < 1.29 is 0 Å². The fourth-order valence-electron chi connectivity index (χ4n) is 3.79. The monoisotopic (exact) mass is 249 g/mol.